The van der Waals surface area contributed by atoms with Crippen LogP contribution in [0.1, 0.15) is 54.3 Å². The van der Waals surface area contributed by atoms with Crippen LogP contribution in [0.25, 0.3) is 5.70 Å². The fourth-order valence-electron chi connectivity index (χ4n) is 4.33. The number of carbonyl (C=O) groups is 1. The number of imidazole rings is 1. The number of sulfonamides is 1. The Hall–Kier alpha value is -3.63. The monoisotopic (exact) mass is 553 g/mol. The summed E-state index contributed by atoms with van der Waals surface area (Å²) in [6.07, 6.45) is 2.30. The summed E-state index contributed by atoms with van der Waals surface area (Å²) in [7, 11) is -0.0171. The summed E-state index contributed by atoms with van der Waals surface area (Å²) < 4.78 is 36.4. The van der Waals surface area contributed by atoms with Crippen molar-refractivity contribution in [2.45, 2.75) is 44.9 Å². The first-order valence-electron chi connectivity index (χ1n) is 13.1. The highest BCUT2D eigenvalue weighted by Gasteiger charge is 2.22. The molecular formula is C29H39N5O4S. The number of aromatic nitrogens is 2. The number of para-hydroxylation sites is 1. The second kappa shape index (κ2) is 13.4. The van der Waals surface area contributed by atoms with E-state index in [2.05, 4.69) is 33.4 Å². The van der Waals surface area contributed by atoms with Gasteiger partial charge in [0.15, 0.2) is 0 Å². The molecule has 1 aromatic heterocycles. The maximum atomic E-state index is 13.2. The fourth-order valence-corrected chi connectivity index (χ4v) is 5.43. The number of aryl methyl sites for hydroxylation is 2. The van der Waals surface area contributed by atoms with Crippen molar-refractivity contribution in [3.63, 3.8) is 0 Å². The quantitative estimate of drug-likeness (QED) is 0.289. The average Bonchev–Trinajstić information content (AvgIpc) is 3.19. The van der Waals surface area contributed by atoms with Crippen LogP contribution in [-0.4, -0.2) is 50.6 Å². The van der Waals surface area contributed by atoms with Crippen molar-refractivity contribution in [2.24, 2.45) is 7.05 Å². The van der Waals surface area contributed by atoms with Crippen LogP contribution in [0.5, 0.6) is 5.75 Å². The Balaban J connectivity index is 1.73. The molecule has 9 nitrogen and oxygen atoms in total. The van der Waals surface area contributed by atoms with Crippen molar-refractivity contribution in [3.8, 4) is 5.75 Å². The fraction of sp³-hybridized carbons (Fsp3) is 0.379. The van der Waals surface area contributed by atoms with Crippen molar-refractivity contribution in [1.29, 1.82) is 0 Å². The minimum Gasteiger partial charge on any atom is -0.493 e. The smallest absolute Gasteiger partial charge is 0.274 e. The maximum absolute atomic E-state index is 13.2. The number of nitrogens with one attached hydrogen (secondary N) is 2. The van der Waals surface area contributed by atoms with E-state index in [1.165, 1.54) is 12.1 Å². The Morgan fingerprint density at radius 2 is 1.87 bits per heavy atom. The number of benzene rings is 2. The number of rotatable bonds is 14. The molecule has 0 bridgehead atoms. The molecule has 0 unspecified atom stereocenters. The first-order chi connectivity index (χ1) is 18.6. The molecule has 1 heterocycles. The Bertz CT molecular complexity index is 1400. The zero-order valence-corrected chi connectivity index (χ0v) is 24.3. The number of hydrogen-bond acceptors (Lipinski definition) is 6. The summed E-state index contributed by atoms with van der Waals surface area (Å²) in [5, 5.41) is 2.81. The number of ether oxygens (including phenoxy) is 1. The molecule has 1 amide bonds. The third kappa shape index (κ3) is 7.48. The molecule has 0 aliphatic carbocycles. The number of hydrogen-bond donors (Lipinski definition) is 2. The van der Waals surface area contributed by atoms with E-state index in [9.17, 15) is 13.2 Å². The van der Waals surface area contributed by atoms with Crippen molar-refractivity contribution >= 4 is 27.3 Å². The number of amides is 1. The molecular weight excluding hydrogens is 514 g/mol. The third-order valence-electron chi connectivity index (χ3n) is 6.36. The van der Waals surface area contributed by atoms with E-state index in [0.717, 1.165) is 24.4 Å². The lowest BCUT2D eigenvalue weighted by atomic mass is 10.1. The number of nitrogens with zero attached hydrogens (tertiary/aromatic N) is 3. The van der Waals surface area contributed by atoms with E-state index in [4.69, 9.17) is 4.74 Å². The summed E-state index contributed by atoms with van der Waals surface area (Å²) in [4.78, 5) is 19.8. The molecule has 0 atom stereocenters. The molecule has 210 valence electrons. The summed E-state index contributed by atoms with van der Waals surface area (Å²) in [6.45, 7) is 11.0. The van der Waals surface area contributed by atoms with Crippen LogP contribution in [-0.2, 0) is 23.5 Å². The van der Waals surface area contributed by atoms with E-state index in [0.29, 0.717) is 42.3 Å². The first-order valence-corrected chi connectivity index (χ1v) is 14.6. The van der Waals surface area contributed by atoms with Crippen molar-refractivity contribution in [3.05, 3.63) is 77.9 Å². The second-order valence-electron chi connectivity index (χ2n) is 9.30. The van der Waals surface area contributed by atoms with E-state index in [-0.39, 0.29) is 23.0 Å². The van der Waals surface area contributed by atoms with Gasteiger partial charge in [0.25, 0.3) is 5.91 Å². The van der Waals surface area contributed by atoms with Crippen LogP contribution < -0.4 is 19.7 Å². The third-order valence-corrected chi connectivity index (χ3v) is 7.82. The summed E-state index contributed by atoms with van der Waals surface area (Å²) in [5.41, 5.74) is 2.76. The molecule has 0 aliphatic rings. The van der Waals surface area contributed by atoms with Crippen LogP contribution in [0, 0.1) is 6.92 Å². The van der Waals surface area contributed by atoms with Crippen LogP contribution in [0.15, 0.2) is 60.0 Å². The molecule has 0 aliphatic heterocycles. The number of carbonyl (C=O) groups excluding carboxylic acids is 1. The maximum Gasteiger partial charge on any atom is 0.274 e. The second-order valence-corrected chi connectivity index (χ2v) is 11.1. The van der Waals surface area contributed by atoms with Gasteiger partial charge in [0.1, 0.15) is 17.3 Å². The highest BCUT2D eigenvalue weighted by molar-refractivity contribution is 7.89. The Morgan fingerprint density at radius 3 is 2.54 bits per heavy atom. The van der Waals surface area contributed by atoms with E-state index >= 15 is 0 Å². The van der Waals surface area contributed by atoms with Gasteiger partial charge >= 0.3 is 0 Å². The SMILES string of the molecule is C=C(NC(=O)c1c(C)nc(CCC)n1C)c1cc(S(=O)(=O)NCCCN(C)c2ccccc2)ccc1OCC. The first kappa shape index (κ1) is 29.9. The van der Waals surface area contributed by atoms with Gasteiger partial charge in [0, 0.05) is 50.6 Å². The lowest BCUT2D eigenvalue weighted by molar-refractivity contribution is 0.0965. The van der Waals surface area contributed by atoms with Gasteiger partial charge in [-0.25, -0.2) is 18.1 Å². The van der Waals surface area contributed by atoms with Gasteiger partial charge in [0.05, 0.1) is 17.2 Å². The molecule has 2 N–H and O–H groups in total. The van der Waals surface area contributed by atoms with Gasteiger partial charge in [-0.2, -0.15) is 0 Å². The lowest BCUT2D eigenvalue weighted by Crippen LogP contribution is -2.28. The van der Waals surface area contributed by atoms with Crippen molar-refractivity contribution in [2.75, 3.05) is 31.6 Å². The zero-order valence-electron chi connectivity index (χ0n) is 23.5. The topological polar surface area (TPSA) is 106 Å². The predicted octanol–water partition coefficient (Wildman–Crippen LogP) is 4.29. The molecule has 0 saturated carbocycles. The molecule has 0 spiro atoms. The van der Waals surface area contributed by atoms with Crippen molar-refractivity contribution < 1.29 is 17.9 Å². The molecule has 0 saturated heterocycles. The van der Waals surface area contributed by atoms with Gasteiger partial charge in [-0.1, -0.05) is 31.7 Å². The molecule has 2 aromatic carbocycles. The zero-order chi connectivity index (χ0) is 28.6. The Morgan fingerprint density at radius 1 is 1.15 bits per heavy atom. The van der Waals surface area contributed by atoms with E-state index < -0.39 is 10.0 Å². The van der Waals surface area contributed by atoms with Crippen LogP contribution >= 0.6 is 0 Å². The Kier molecular flexibility index (Phi) is 10.3. The summed E-state index contributed by atoms with van der Waals surface area (Å²) in [6, 6.07) is 14.5. The molecule has 3 aromatic rings. The normalized spacial score (nSPS) is 11.3. The van der Waals surface area contributed by atoms with Crippen LogP contribution in [0.3, 0.4) is 0 Å². The van der Waals surface area contributed by atoms with Crippen LogP contribution in [0.2, 0.25) is 0 Å². The molecule has 10 heteroatoms. The summed E-state index contributed by atoms with van der Waals surface area (Å²) >= 11 is 0. The van der Waals surface area contributed by atoms with Crippen molar-refractivity contribution in [1.82, 2.24) is 19.6 Å². The van der Waals surface area contributed by atoms with Gasteiger partial charge in [-0.15, -0.1) is 0 Å². The van der Waals surface area contributed by atoms with Crippen LogP contribution in [0.4, 0.5) is 5.69 Å². The highest BCUT2D eigenvalue weighted by atomic mass is 32.2. The molecule has 0 radical (unpaired) electrons. The largest absolute Gasteiger partial charge is 0.493 e. The van der Waals surface area contributed by atoms with Gasteiger partial charge < -0.3 is 19.5 Å². The lowest BCUT2D eigenvalue weighted by Gasteiger charge is -2.19. The standard InChI is InChI=1S/C29H39N5O4S/c1-7-13-27-31-22(4)28(34(27)6)29(35)32-21(3)25-20-24(16-17-26(25)38-8-2)39(36,37)30-18-12-19-33(5)23-14-10-9-11-15-23/h9-11,14-17,20,30H,3,7-8,12-13,18-19H2,1-2,4-6H3,(H,32,35). The van der Waals surface area contributed by atoms with Gasteiger partial charge in [-0.3, -0.25) is 4.79 Å². The van der Waals surface area contributed by atoms with E-state index in [1.54, 1.807) is 17.6 Å². The minimum atomic E-state index is -3.80. The molecule has 3 rings (SSSR count). The summed E-state index contributed by atoms with van der Waals surface area (Å²) in [5.74, 6) is 0.890. The molecule has 39 heavy (non-hydrogen) atoms. The Labute approximate surface area is 231 Å². The predicted molar refractivity (Wildman–Crippen MR) is 156 cm³/mol. The van der Waals surface area contributed by atoms with E-state index in [1.807, 2.05) is 51.4 Å². The number of anilines is 1. The minimum absolute atomic E-state index is 0.0645. The van der Waals surface area contributed by atoms with Gasteiger partial charge in [-0.05, 0) is 57.0 Å². The molecule has 0 fully saturated rings. The van der Waals surface area contributed by atoms with Gasteiger partial charge in [0.2, 0.25) is 10.0 Å². The average molecular weight is 554 g/mol. The highest BCUT2D eigenvalue weighted by Crippen LogP contribution is 2.28.